The fraction of sp³-hybridized carbons (Fsp3) is 0.0870. The highest BCUT2D eigenvalue weighted by Gasteiger charge is 2.31. The molecule has 0 radical (unpaired) electrons. The van der Waals surface area contributed by atoms with E-state index in [1.165, 1.54) is 28.8 Å². The van der Waals surface area contributed by atoms with E-state index in [1.54, 1.807) is 18.2 Å². The fourth-order valence-corrected chi connectivity index (χ4v) is 4.42. The van der Waals surface area contributed by atoms with Crippen LogP contribution in [0.1, 0.15) is 5.56 Å². The molecule has 0 spiro atoms. The highest BCUT2D eigenvalue weighted by molar-refractivity contribution is 7.89. The maximum absolute atomic E-state index is 12.8. The van der Waals surface area contributed by atoms with Crippen LogP contribution in [-0.4, -0.2) is 29.6 Å². The number of azo groups is 1. The number of rotatable bonds is 6. The summed E-state index contributed by atoms with van der Waals surface area (Å²) in [6.45, 7) is 0.183. The molecule has 0 saturated carbocycles. The molecule has 0 fully saturated rings. The van der Waals surface area contributed by atoms with E-state index < -0.39 is 22.1 Å². The molecule has 0 aliphatic heterocycles. The lowest BCUT2D eigenvalue weighted by atomic mass is 10.2. The van der Waals surface area contributed by atoms with Gasteiger partial charge in [-0.2, -0.15) is 0 Å². The molecule has 192 valence electrons. The minimum Gasteiger partial charge on any atom is -0.493 e. The highest BCUT2D eigenvalue weighted by atomic mass is 32.2. The summed E-state index contributed by atoms with van der Waals surface area (Å²) in [5.74, 6) is -0.893. The summed E-state index contributed by atoms with van der Waals surface area (Å²) in [7, 11) is -4.07. The number of fused-ring (bicyclic) bond motifs is 1. The lowest BCUT2D eigenvalue weighted by molar-refractivity contribution is -0.274. The number of halogens is 3. The minimum atomic E-state index is -4.92. The maximum Gasteiger partial charge on any atom is 0.573 e. The first-order chi connectivity index (χ1) is 17.4. The van der Waals surface area contributed by atoms with Crippen LogP contribution in [-0.2, 0) is 16.6 Å². The van der Waals surface area contributed by atoms with Gasteiger partial charge < -0.3 is 19.7 Å². The van der Waals surface area contributed by atoms with Crippen LogP contribution in [0.25, 0.3) is 10.9 Å². The van der Waals surface area contributed by atoms with Crippen LogP contribution in [0.4, 0.5) is 24.5 Å². The summed E-state index contributed by atoms with van der Waals surface area (Å²) in [4.78, 5) is -0.233. The molecule has 1 heterocycles. The molecule has 3 aromatic carbocycles. The Hall–Kier alpha value is -4.01. The van der Waals surface area contributed by atoms with Gasteiger partial charge in [-0.15, -0.1) is 23.4 Å². The van der Waals surface area contributed by atoms with Gasteiger partial charge in [0.25, 0.3) is 0 Å². The second-order valence-corrected chi connectivity index (χ2v) is 9.56. The van der Waals surface area contributed by atoms with Gasteiger partial charge in [0.15, 0.2) is 5.69 Å². The number of nitrogens with zero attached hydrogens (tertiary/aromatic N) is 3. The van der Waals surface area contributed by atoms with Crippen molar-refractivity contribution in [2.75, 3.05) is 5.32 Å². The Bertz CT molecular complexity index is 1600. The van der Waals surface area contributed by atoms with E-state index in [2.05, 4.69) is 20.3 Å². The number of aromatic hydroxyl groups is 1. The van der Waals surface area contributed by atoms with E-state index >= 15 is 0 Å². The third-order valence-corrected chi connectivity index (χ3v) is 6.23. The second kappa shape index (κ2) is 10.2. The van der Waals surface area contributed by atoms with Gasteiger partial charge in [-0.25, -0.2) is 13.6 Å². The molecule has 9 nitrogen and oxygen atoms in total. The van der Waals surface area contributed by atoms with Crippen LogP contribution >= 0.6 is 12.2 Å². The van der Waals surface area contributed by atoms with Crippen molar-refractivity contribution in [2.24, 2.45) is 15.4 Å². The molecule has 1 aromatic heterocycles. The number of hydrogen-bond donors (Lipinski definition) is 3. The van der Waals surface area contributed by atoms with Crippen molar-refractivity contribution in [2.45, 2.75) is 17.8 Å². The third kappa shape index (κ3) is 6.22. The summed E-state index contributed by atoms with van der Waals surface area (Å²) < 4.78 is 67.5. The number of primary sulfonamides is 1. The average molecular weight is 550 g/mol. The topological polar surface area (TPSA) is 131 Å². The van der Waals surface area contributed by atoms with Crippen molar-refractivity contribution in [1.29, 1.82) is 0 Å². The number of aromatic nitrogens is 1. The Morgan fingerprint density at radius 1 is 1.08 bits per heavy atom. The molecule has 14 heteroatoms. The number of nitrogens with two attached hydrogens (primary N) is 1. The van der Waals surface area contributed by atoms with Gasteiger partial charge in [0.05, 0.1) is 17.7 Å². The van der Waals surface area contributed by atoms with Crippen LogP contribution in [0.15, 0.2) is 87.9 Å². The standard InChI is InChI=1S/C23H18F3N5O4S2/c24-23(25,26)35-15-10-11-18-16(12-15)20(21(32)31(18)13-14-6-2-1-3-7-14)29-30-22(36)28-17-8-4-5-9-19(17)37(27,33)34/h1-12,32H,13H2,(H,28,36)(H2,27,33,34). The van der Waals surface area contributed by atoms with E-state index in [9.17, 15) is 26.7 Å². The molecule has 4 aromatic rings. The van der Waals surface area contributed by atoms with Gasteiger partial charge >= 0.3 is 6.36 Å². The zero-order valence-electron chi connectivity index (χ0n) is 18.7. The van der Waals surface area contributed by atoms with E-state index in [0.29, 0.717) is 5.52 Å². The molecule has 0 aliphatic rings. The molecule has 4 rings (SSSR count). The summed E-state index contributed by atoms with van der Waals surface area (Å²) in [6.07, 6.45) is -4.92. The van der Waals surface area contributed by atoms with Gasteiger partial charge in [0.2, 0.25) is 21.0 Å². The number of para-hydroxylation sites is 1. The van der Waals surface area contributed by atoms with Crippen molar-refractivity contribution < 1.29 is 31.4 Å². The molecule has 4 N–H and O–H groups in total. The lowest BCUT2D eigenvalue weighted by Gasteiger charge is -2.09. The zero-order valence-corrected chi connectivity index (χ0v) is 20.3. The first-order valence-electron chi connectivity index (χ1n) is 10.4. The average Bonchev–Trinajstić information content (AvgIpc) is 3.07. The Morgan fingerprint density at radius 3 is 2.43 bits per heavy atom. The number of alkyl halides is 3. The van der Waals surface area contributed by atoms with Gasteiger partial charge in [0.1, 0.15) is 10.6 Å². The summed E-state index contributed by atoms with van der Waals surface area (Å²) in [5.41, 5.74) is 1.06. The quantitative estimate of drug-likeness (QED) is 0.217. The minimum absolute atomic E-state index is 0.0468. The number of sulfonamides is 1. The molecule has 0 saturated heterocycles. The van der Waals surface area contributed by atoms with Gasteiger partial charge in [-0.3, -0.25) is 0 Å². The summed E-state index contributed by atoms with van der Waals surface area (Å²) >= 11 is 5.12. The molecule has 0 amide bonds. The molecule has 37 heavy (non-hydrogen) atoms. The molecular weight excluding hydrogens is 531 g/mol. The lowest BCUT2D eigenvalue weighted by Crippen LogP contribution is -2.17. The largest absolute Gasteiger partial charge is 0.573 e. The normalized spacial score (nSPS) is 12.2. The highest BCUT2D eigenvalue weighted by Crippen LogP contribution is 2.41. The van der Waals surface area contributed by atoms with E-state index in [0.717, 1.165) is 17.7 Å². The summed E-state index contributed by atoms with van der Waals surface area (Å²) in [5, 5.41) is 26.3. The van der Waals surface area contributed by atoms with Crippen LogP contribution in [0.2, 0.25) is 0 Å². The predicted octanol–water partition coefficient (Wildman–Crippen LogP) is 5.42. The SMILES string of the molecule is NS(=O)(=O)c1ccccc1NC(=S)N=Nc1c(O)n(Cc2ccccc2)c2ccc(OC(F)(F)F)cc12. The van der Waals surface area contributed by atoms with Crippen LogP contribution < -0.4 is 15.2 Å². The fourth-order valence-electron chi connectivity index (χ4n) is 3.58. The zero-order chi connectivity index (χ0) is 26.8. The van der Waals surface area contributed by atoms with Gasteiger partial charge in [-0.1, -0.05) is 42.5 Å². The van der Waals surface area contributed by atoms with Crippen molar-refractivity contribution in [3.8, 4) is 11.6 Å². The Balaban J connectivity index is 1.73. The smallest absolute Gasteiger partial charge is 0.493 e. The first-order valence-corrected chi connectivity index (χ1v) is 12.4. The van der Waals surface area contributed by atoms with Crippen molar-refractivity contribution in [3.63, 3.8) is 0 Å². The molecule has 0 aliphatic carbocycles. The van der Waals surface area contributed by atoms with E-state index in [-0.39, 0.29) is 39.2 Å². The van der Waals surface area contributed by atoms with Gasteiger partial charge in [-0.05, 0) is 48.1 Å². The molecule has 0 unspecified atom stereocenters. The maximum atomic E-state index is 12.8. The number of thiocarbonyl (C=S) groups is 1. The Labute approximate surface area is 214 Å². The second-order valence-electron chi connectivity index (χ2n) is 7.64. The van der Waals surface area contributed by atoms with Crippen LogP contribution in [0.3, 0.4) is 0 Å². The predicted molar refractivity (Wildman–Crippen MR) is 134 cm³/mol. The number of ether oxygens (including phenoxy) is 1. The van der Waals surface area contributed by atoms with Crippen molar-refractivity contribution in [3.05, 3.63) is 78.4 Å². The van der Waals surface area contributed by atoms with Crippen molar-refractivity contribution >= 4 is 49.6 Å². The van der Waals surface area contributed by atoms with Crippen LogP contribution in [0, 0.1) is 0 Å². The van der Waals surface area contributed by atoms with E-state index in [1.807, 2.05) is 18.2 Å². The number of hydrogen-bond acceptors (Lipinski definition) is 6. The first kappa shape index (κ1) is 26.1. The van der Waals surface area contributed by atoms with Gasteiger partial charge in [0, 0.05) is 5.39 Å². The Morgan fingerprint density at radius 2 is 1.76 bits per heavy atom. The Kier molecular flexibility index (Phi) is 7.16. The molecular formula is C23H18F3N5O4S2. The third-order valence-electron chi connectivity index (χ3n) is 5.07. The number of nitrogens with one attached hydrogen (secondary N) is 1. The van der Waals surface area contributed by atoms with Crippen molar-refractivity contribution in [1.82, 2.24) is 4.57 Å². The molecule has 0 bridgehead atoms. The van der Waals surface area contributed by atoms with E-state index in [4.69, 9.17) is 17.4 Å². The molecule has 0 atom stereocenters. The number of anilines is 1. The number of benzene rings is 3. The monoisotopic (exact) mass is 549 g/mol. The summed E-state index contributed by atoms with van der Waals surface area (Å²) in [6, 6.07) is 18.3. The van der Waals surface area contributed by atoms with Crippen LogP contribution in [0.5, 0.6) is 11.6 Å².